The van der Waals surface area contributed by atoms with Crippen LogP contribution in [0.25, 0.3) is 11.1 Å². The molecule has 2 aliphatic carbocycles. The number of methoxy groups -OCH3 is 2. The number of ketones is 1. The summed E-state index contributed by atoms with van der Waals surface area (Å²) in [6, 6.07) is 36.4. The lowest BCUT2D eigenvalue weighted by atomic mass is 9.59. The molecule has 5 aromatic carbocycles. The molecule has 51 heavy (non-hydrogen) atoms. The van der Waals surface area contributed by atoms with Gasteiger partial charge in [0.1, 0.15) is 11.5 Å². The maximum atomic E-state index is 16.1. The number of halogens is 1. The summed E-state index contributed by atoms with van der Waals surface area (Å²) in [5.41, 5.74) is -0.168. The van der Waals surface area contributed by atoms with Crippen molar-refractivity contribution in [2.45, 2.75) is 10.8 Å². The van der Waals surface area contributed by atoms with E-state index in [1.165, 1.54) is 12.1 Å². The van der Waals surface area contributed by atoms with Crippen LogP contribution < -0.4 is 14.4 Å². The number of imide groups is 1. The Kier molecular flexibility index (Phi) is 7.43. The van der Waals surface area contributed by atoms with Crippen LogP contribution in [0.15, 0.2) is 127 Å². The number of amides is 2. The first-order valence-electron chi connectivity index (χ1n) is 16.2. The molecule has 1 saturated carbocycles. The van der Waals surface area contributed by atoms with Crippen LogP contribution in [0.2, 0.25) is 5.02 Å². The van der Waals surface area contributed by atoms with Crippen molar-refractivity contribution < 1.29 is 28.8 Å². The predicted octanol–water partition coefficient (Wildman–Crippen LogP) is 7.45. The molecule has 0 N–H and O–H groups in total. The van der Waals surface area contributed by atoms with Crippen LogP contribution in [0, 0.1) is 22.0 Å². The highest BCUT2D eigenvalue weighted by atomic mass is 35.5. The number of hydrogen-bond donors (Lipinski definition) is 0. The quantitative estimate of drug-likeness (QED) is 0.0940. The number of hydrogen-bond acceptors (Lipinski definition) is 7. The topological polar surface area (TPSA) is 116 Å². The van der Waals surface area contributed by atoms with Crippen LogP contribution in [0.5, 0.6) is 11.5 Å². The molecule has 4 atom stereocenters. The molecule has 5 aromatic rings. The molecule has 0 radical (unpaired) electrons. The van der Waals surface area contributed by atoms with Gasteiger partial charge in [0.05, 0.1) is 52.5 Å². The van der Waals surface area contributed by atoms with E-state index >= 15 is 14.4 Å². The highest BCUT2D eigenvalue weighted by molar-refractivity contribution is 6.41. The van der Waals surface area contributed by atoms with Crippen LogP contribution in [0.3, 0.4) is 0 Å². The summed E-state index contributed by atoms with van der Waals surface area (Å²) < 4.78 is 11.0. The fraction of sp³-hybridized carbons (Fsp3) is 0.146. The first-order chi connectivity index (χ1) is 24.7. The average Bonchev–Trinajstić information content (AvgIpc) is 3.67. The SMILES string of the molecule is COc1ccc(C2=C(c3ccc(OC)cc3)[C@]3(c4ccccc4)C(=O)[C@]2(c2ccccc2)[C@@H]2C(=O)N(c4cc([N+](=O)[O-])ccc4Cl)C(=O)[C@@H]23)cc1. The minimum absolute atomic E-state index is 0.0119. The number of benzene rings is 5. The fourth-order valence-corrected chi connectivity index (χ4v) is 8.87. The van der Waals surface area contributed by atoms with Gasteiger partial charge in [-0.3, -0.25) is 24.5 Å². The van der Waals surface area contributed by atoms with Crippen molar-refractivity contribution in [1.82, 2.24) is 0 Å². The van der Waals surface area contributed by atoms with Gasteiger partial charge in [0.15, 0.2) is 5.78 Å². The van der Waals surface area contributed by atoms with Crippen molar-refractivity contribution in [3.05, 3.63) is 165 Å². The van der Waals surface area contributed by atoms with Crippen LogP contribution in [-0.2, 0) is 25.2 Å². The maximum absolute atomic E-state index is 16.1. The summed E-state index contributed by atoms with van der Waals surface area (Å²) in [7, 11) is 3.13. The van der Waals surface area contributed by atoms with Crippen LogP contribution >= 0.6 is 11.6 Å². The Labute approximate surface area is 297 Å². The molecule has 8 rings (SSSR count). The van der Waals surface area contributed by atoms with Gasteiger partial charge in [0.2, 0.25) is 11.8 Å². The van der Waals surface area contributed by atoms with E-state index < -0.39 is 39.4 Å². The number of Topliss-reactive ketones (excluding diaryl/α,β-unsaturated/α-hetero) is 1. The highest BCUT2D eigenvalue weighted by Crippen LogP contribution is 2.74. The van der Waals surface area contributed by atoms with Crippen LogP contribution in [0.1, 0.15) is 22.3 Å². The number of non-ortho nitro benzene ring substituents is 1. The zero-order chi connectivity index (χ0) is 35.7. The Morgan fingerprint density at radius 3 is 1.47 bits per heavy atom. The second-order valence-corrected chi connectivity index (χ2v) is 13.2. The maximum Gasteiger partial charge on any atom is 0.271 e. The van der Waals surface area contributed by atoms with Crippen molar-refractivity contribution in [2.75, 3.05) is 19.1 Å². The molecule has 2 fully saturated rings. The van der Waals surface area contributed by atoms with Crippen molar-refractivity contribution >= 4 is 51.7 Å². The number of ether oxygens (including phenoxy) is 2. The molecular weight excluding hydrogens is 668 g/mol. The standard InChI is InChI=1S/C41H29ClN2O7/c1-50-29-18-13-24(14-19-29)33-34(25-15-20-30(51-2)21-16-25)41(27-11-7-4-8-12-27)36-35(40(33,39(41)47)26-9-5-3-6-10-26)37(45)43(38(36)46)32-23-28(44(48)49)17-22-31(32)42/h3-23,35-36H,1-2H3/t35-,36+,40-,41-/m0/s1. The molecule has 3 aliphatic rings. The van der Waals surface area contributed by atoms with E-state index in [9.17, 15) is 10.1 Å². The Balaban J connectivity index is 1.53. The van der Waals surface area contributed by atoms with E-state index in [0.717, 1.165) is 11.0 Å². The molecular formula is C41H29ClN2O7. The van der Waals surface area contributed by atoms with Gasteiger partial charge >= 0.3 is 0 Å². The van der Waals surface area contributed by atoms with Crippen molar-refractivity contribution in [3.8, 4) is 11.5 Å². The largest absolute Gasteiger partial charge is 0.497 e. The second kappa shape index (κ2) is 11.8. The van der Waals surface area contributed by atoms with Gasteiger partial charge in [-0.15, -0.1) is 0 Å². The number of allylic oxidation sites excluding steroid dienone is 2. The number of carbonyl (C=O) groups excluding carboxylic acids is 3. The van der Waals surface area contributed by atoms with Crippen LogP contribution in [-0.4, -0.2) is 36.7 Å². The van der Waals surface area contributed by atoms with Crippen molar-refractivity contribution in [2.24, 2.45) is 11.8 Å². The third kappa shape index (κ3) is 4.24. The molecule has 0 aromatic heterocycles. The Morgan fingerprint density at radius 1 is 0.647 bits per heavy atom. The predicted molar refractivity (Wildman–Crippen MR) is 192 cm³/mol. The molecule has 1 heterocycles. The first-order valence-corrected chi connectivity index (χ1v) is 16.6. The number of anilines is 1. The fourth-order valence-electron chi connectivity index (χ4n) is 8.66. The molecule has 1 aliphatic heterocycles. The van der Waals surface area contributed by atoms with Crippen molar-refractivity contribution in [1.29, 1.82) is 0 Å². The number of nitro groups is 1. The van der Waals surface area contributed by atoms with Gasteiger partial charge in [0.25, 0.3) is 5.69 Å². The summed E-state index contributed by atoms with van der Waals surface area (Å²) >= 11 is 6.63. The molecule has 9 nitrogen and oxygen atoms in total. The number of carbonyl (C=O) groups is 3. The molecule has 10 heteroatoms. The third-order valence-electron chi connectivity index (χ3n) is 10.6. The van der Waals surface area contributed by atoms with Crippen molar-refractivity contribution in [3.63, 3.8) is 0 Å². The van der Waals surface area contributed by atoms with Gasteiger partial charge in [-0.2, -0.15) is 0 Å². The Morgan fingerprint density at radius 2 is 1.08 bits per heavy atom. The normalized spacial score (nSPS) is 23.5. The zero-order valence-electron chi connectivity index (χ0n) is 27.4. The first kappa shape index (κ1) is 32.2. The van der Waals surface area contributed by atoms with Gasteiger partial charge in [-0.05, 0) is 63.7 Å². The summed E-state index contributed by atoms with van der Waals surface area (Å²) in [4.78, 5) is 58.6. The Bertz CT molecular complexity index is 2160. The summed E-state index contributed by atoms with van der Waals surface area (Å²) in [6.45, 7) is 0. The Hall–Kier alpha value is -6.06. The number of rotatable bonds is 8. The molecule has 0 spiro atoms. The molecule has 2 bridgehead atoms. The van der Waals surface area contributed by atoms with E-state index in [2.05, 4.69) is 0 Å². The number of fused-ring (bicyclic) bond motifs is 5. The van der Waals surface area contributed by atoms with E-state index in [-0.39, 0.29) is 22.2 Å². The van der Waals surface area contributed by atoms with Gasteiger partial charge in [-0.25, -0.2) is 4.90 Å². The summed E-state index contributed by atoms with van der Waals surface area (Å²) in [5.74, 6) is -2.88. The average molecular weight is 697 g/mol. The summed E-state index contributed by atoms with van der Waals surface area (Å²) in [5, 5.41) is 11.9. The molecule has 252 valence electrons. The molecule has 2 amide bonds. The smallest absolute Gasteiger partial charge is 0.271 e. The number of nitro benzene ring substituents is 1. The van der Waals surface area contributed by atoms with E-state index in [0.29, 0.717) is 44.9 Å². The monoisotopic (exact) mass is 696 g/mol. The number of nitrogens with zero attached hydrogens (tertiary/aromatic N) is 2. The molecule has 1 saturated heterocycles. The van der Waals surface area contributed by atoms with E-state index in [1.54, 1.807) is 38.5 Å². The lowest BCUT2D eigenvalue weighted by Gasteiger charge is -2.39. The zero-order valence-corrected chi connectivity index (χ0v) is 28.2. The third-order valence-corrected chi connectivity index (χ3v) is 10.9. The lowest BCUT2D eigenvalue weighted by molar-refractivity contribution is -0.384. The van der Waals surface area contributed by atoms with E-state index in [4.69, 9.17) is 21.1 Å². The minimum Gasteiger partial charge on any atom is -0.497 e. The highest BCUT2D eigenvalue weighted by Gasteiger charge is 2.82. The van der Waals surface area contributed by atoms with E-state index in [1.807, 2.05) is 84.9 Å². The minimum atomic E-state index is -1.67. The lowest BCUT2D eigenvalue weighted by Crippen LogP contribution is -2.45. The van der Waals surface area contributed by atoms with Gasteiger partial charge in [0, 0.05) is 12.1 Å². The van der Waals surface area contributed by atoms with Crippen LogP contribution in [0.4, 0.5) is 11.4 Å². The van der Waals surface area contributed by atoms with Gasteiger partial charge < -0.3 is 9.47 Å². The second-order valence-electron chi connectivity index (χ2n) is 12.7. The summed E-state index contributed by atoms with van der Waals surface area (Å²) in [6.07, 6.45) is 0. The van der Waals surface area contributed by atoms with Gasteiger partial charge in [-0.1, -0.05) is 96.5 Å². The molecule has 0 unspecified atom stereocenters.